The Morgan fingerprint density at radius 3 is 2.47 bits per heavy atom. The van der Waals surface area contributed by atoms with Gasteiger partial charge in [0.1, 0.15) is 11.4 Å². The number of methoxy groups -OCH3 is 1. The second-order valence-corrected chi connectivity index (χ2v) is 16.9. The minimum Gasteiger partial charge on any atom is -0.457 e. The third-order valence-corrected chi connectivity index (χ3v) is 12.0. The summed E-state index contributed by atoms with van der Waals surface area (Å²) in [7, 11) is 5.18. The number of hydrogen-bond donors (Lipinski definition) is 2. The number of unbranched alkanes of at least 4 members (excludes halogenated alkanes) is 1. The summed E-state index contributed by atoms with van der Waals surface area (Å²) in [6.45, 7) is 16.1. The molecule has 0 spiro atoms. The predicted octanol–water partition coefficient (Wildman–Crippen LogP) is 5.45. The van der Waals surface area contributed by atoms with Crippen molar-refractivity contribution in [3.8, 4) is 0 Å². The van der Waals surface area contributed by atoms with Crippen molar-refractivity contribution >= 4 is 26.4 Å². The van der Waals surface area contributed by atoms with E-state index in [9.17, 15) is 24.1 Å². The van der Waals surface area contributed by atoms with Gasteiger partial charge in [0, 0.05) is 57.3 Å². The van der Waals surface area contributed by atoms with E-state index in [1.807, 2.05) is 32.8 Å². The molecular formula is C37H63N6O11P. The molecule has 18 heteroatoms. The molecule has 17 nitrogen and oxygen atoms in total. The lowest BCUT2D eigenvalue weighted by Gasteiger charge is -2.45. The Labute approximate surface area is 326 Å². The molecule has 312 valence electrons. The molecule has 0 aromatic carbocycles. The SMILES string of the molecule is CC[C@@H](O)[C@@]1(C)OC(=O)N(CCCCN=[N+]=[N-])[C@@H]1[C@@H](C)NC(=O)[C@H](C)C[C@@](C)(OC)[C@@H](CC1=C(C)C(=O)OC(C)(C)O1)O[C@@H]1O[C@H](C)CC(N(C)C)C1P=O. The highest BCUT2D eigenvalue weighted by molar-refractivity contribution is 7.25. The Morgan fingerprint density at radius 2 is 1.89 bits per heavy atom. The molecule has 0 aliphatic carbocycles. The molecule has 3 aliphatic heterocycles. The van der Waals surface area contributed by atoms with Crippen LogP contribution in [0.3, 0.4) is 0 Å². The maximum Gasteiger partial charge on any atom is 0.410 e. The van der Waals surface area contributed by atoms with E-state index < -0.39 is 71.2 Å². The topological polar surface area (TPSA) is 211 Å². The smallest absolute Gasteiger partial charge is 0.410 e. The van der Waals surface area contributed by atoms with Gasteiger partial charge >= 0.3 is 12.1 Å². The van der Waals surface area contributed by atoms with E-state index in [-0.39, 0.29) is 58.0 Å². The van der Waals surface area contributed by atoms with Crippen LogP contribution in [0.25, 0.3) is 10.4 Å². The average molecular weight is 799 g/mol. The van der Waals surface area contributed by atoms with E-state index in [1.54, 1.807) is 48.5 Å². The standard InChI is InChI=1S/C37H63N6O11P/c1-13-27(44)37(9)30(43(34(47)54-37)17-15-14-16-39-41-38)24(5)40-31(45)21(2)20-36(8,49-12)28(19-26-23(4)32(46)53-35(6,7)52-26)51-33-29(55-48)25(42(10)11)18-22(3)50-33/h21-22,24-25,27-30,33,44H,13-20H2,1-12H3,(H,40,45)/t21-,22-,24-,25?,27-,28-,29?,30-,33+,36-,37-/m1/s1. The van der Waals surface area contributed by atoms with Gasteiger partial charge in [-0.25, -0.2) is 9.59 Å². The first-order valence-corrected chi connectivity index (χ1v) is 20.0. The number of rotatable bonds is 20. The van der Waals surface area contributed by atoms with Crippen LogP contribution >= 0.6 is 8.46 Å². The lowest BCUT2D eigenvalue weighted by molar-refractivity contribution is -0.256. The summed E-state index contributed by atoms with van der Waals surface area (Å²) in [5.74, 6) is -2.46. The molecule has 3 heterocycles. The quantitative estimate of drug-likeness (QED) is 0.0394. The fourth-order valence-electron chi connectivity index (χ4n) is 7.91. The molecular weight excluding hydrogens is 735 g/mol. The first-order chi connectivity index (χ1) is 25.7. The second kappa shape index (κ2) is 19.4. The van der Waals surface area contributed by atoms with Crippen LogP contribution in [0, 0.1) is 5.92 Å². The number of azide groups is 1. The third kappa shape index (κ3) is 11.1. The van der Waals surface area contributed by atoms with Gasteiger partial charge in [0.05, 0.1) is 41.6 Å². The molecule has 55 heavy (non-hydrogen) atoms. The van der Waals surface area contributed by atoms with E-state index in [1.165, 1.54) is 12.0 Å². The van der Waals surface area contributed by atoms with Crippen molar-refractivity contribution in [1.82, 2.24) is 15.1 Å². The van der Waals surface area contributed by atoms with E-state index in [4.69, 9.17) is 34.0 Å². The second-order valence-electron chi connectivity index (χ2n) is 16.1. The maximum absolute atomic E-state index is 14.1. The summed E-state index contributed by atoms with van der Waals surface area (Å²) in [6, 6.07) is -1.49. The average Bonchev–Trinajstić information content (AvgIpc) is 3.38. The summed E-state index contributed by atoms with van der Waals surface area (Å²) >= 11 is 0. The summed E-state index contributed by atoms with van der Waals surface area (Å²) in [6.07, 6.45) is -1.42. The molecule has 2 fully saturated rings. The van der Waals surface area contributed by atoms with Crippen LogP contribution in [-0.2, 0) is 42.6 Å². The minimum atomic E-state index is -1.31. The molecule has 0 radical (unpaired) electrons. The summed E-state index contributed by atoms with van der Waals surface area (Å²) in [5.41, 5.74) is 5.84. The largest absolute Gasteiger partial charge is 0.457 e. The Kier molecular flexibility index (Phi) is 16.4. The predicted molar refractivity (Wildman–Crippen MR) is 203 cm³/mol. The van der Waals surface area contributed by atoms with Gasteiger partial charge in [0.2, 0.25) is 11.7 Å². The highest BCUT2D eigenvalue weighted by Crippen LogP contribution is 2.40. The Hall–Kier alpha value is -3.04. The van der Waals surface area contributed by atoms with Gasteiger partial charge in [0.15, 0.2) is 20.4 Å². The highest BCUT2D eigenvalue weighted by Gasteiger charge is 2.57. The van der Waals surface area contributed by atoms with E-state index in [0.29, 0.717) is 31.4 Å². The van der Waals surface area contributed by atoms with Gasteiger partial charge < -0.3 is 43.7 Å². The number of carbonyl (C=O) groups excluding carboxylic acids is 3. The van der Waals surface area contributed by atoms with E-state index >= 15 is 0 Å². The van der Waals surface area contributed by atoms with Gasteiger partial charge in [-0.1, -0.05) is 19.0 Å². The van der Waals surface area contributed by atoms with Gasteiger partial charge in [-0.05, 0) is 86.3 Å². The molecule has 3 aliphatic rings. The van der Waals surface area contributed by atoms with Gasteiger partial charge in [-0.15, -0.1) is 0 Å². The number of esters is 1. The molecule has 0 aromatic rings. The molecule has 0 bridgehead atoms. The lowest BCUT2D eigenvalue weighted by atomic mass is 9.83. The molecule has 2 saturated heterocycles. The summed E-state index contributed by atoms with van der Waals surface area (Å²) in [4.78, 5) is 46.5. The van der Waals surface area contributed by atoms with E-state index in [0.717, 1.165) is 0 Å². The number of nitrogens with zero attached hydrogens (tertiary/aromatic N) is 5. The van der Waals surface area contributed by atoms with Crippen LogP contribution < -0.4 is 5.32 Å². The molecule has 3 rings (SSSR count). The summed E-state index contributed by atoms with van der Waals surface area (Å²) in [5, 5.41) is 17.7. The Balaban J connectivity index is 1.93. The Bertz CT molecular complexity index is 1460. The normalized spacial score (nSPS) is 30.1. The third-order valence-electron chi connectivity index (χ3n) is 11.1. The van der Waals surface area contributed by atoms with Crippen molar-refractivity contribution < 1.29 is 52.5 Å². The highest BCUT2D eigenvalue weighted by atomic mass is 31.1. The Morgan fingerprint density at radius 1 is 1.22 bits per heavy atom. The van der Waals surface area contributed by atoms with Gasteiger partial charge in [-0.3, -0.25) is 14.3 Å². The number of aliphatic hydroxyl groups excluding tert-OH is 1. The number of hydrogen-bond acceptors (Lipinski definition) is 13. The van der Waals surface area contributed by atoms with Crippen LogP contribution in [0.4, 0.5) is 4.79 Å². The molecule has 2 N–H and O–H groups in total. The first kappa shape index (κ1) is 46.3. The molecule has 0 saturated carbocycles. The fourth-order valence-corrected chi connectivity index (χ4v) is 8.68. The van der Waals surface area contributed by atoms with Crippen molar-refractivity contribution in [3.63, 3.8) is 0 Å². The first-order valence-electron chi connectivity index (χ1n) is 19.1. The van der Waals surface area contributed by atoms with Crippen molar-refractivity contribution in [2.45, 2.75) is 166 Å². The van der Waals surface area contributed by atoms with Crippen molar-refractivity contribution in [2.75, 3.05) is 34.3 Å². The lowest BCUT2D eigenvalue weighted by Crippen LogP contribution is -2.61. The molecule has 2 unspecified atom stereocenters. The summed E-state index contributed by atoms with van der Waals surface area (Å²) < 4.78 is 49.3. The molecule has 2 amide bonds. The zero-order chi connectivity index (χ0) is 41.5. The van der Waals surface area contributed by atoms with Crippen LogP contribution in [0.2, 0.25) is 0 Å². The minimum absolute atomic E-state index is 0.0478. The van der Waals surface area contributed by atoms with E-state index in [2.05, 4.69) is 15.3 Å². The van der Waals surface area contributed by atoms with Gasteiger partial charge in [-0.2, -0.15) is 0 Å². The number of carbonyl (C=O) groups is 3. The van der Waals surface area contributed by atoms with Crippen LogP contribution in [-0.4, -0.2) is 133 Å². The van der Waals surface area contributed by atoms with Crippen molar-refractivity contribution in [2.24, 2.45) is 11.0 Å². The van der Waals surface area contributed by atoms with Gasteiger partial charge in [0.25, 0.3) is 0 Å². The van der Waals surface area contributed by atoms with Crippen molar-refractivity contribution in [3.05, 3.63) is 21.8 Å². The van der Waals surface area contributed by atoms with Crippen LogP contribution in [0.1, 0.15) is 101 Å². The number of cyclic esters (lactones) is 2. The number of amides is 2. The zero-order valence-corrected chi connectivity index (χ0v) is 35.5. The zero-order valence-electron chi connectivity index (χ0n) is 34.6. The van der Waals surface area contributed by atoms with Crippen LogP contribution in [0.5, 0.6) is 0 Å². The maximum atomic E-state index is 14.1. The number of aliphatic hydroxyl groups is 1. The molecule has 11 atom stereocenters. The monoisotopic (exact) mass is 798 g/mol. The van der Waals surface area contributed by atoms with Crippen molar-refractivity contribution in [1.29, 1.82) is 0 Å². The molecule has 0 aromatic heterocycles. The fraction of sp³-hybridized carbons (Fsp3) is 0.865. The van der Waals surface area contributed by atoms with Crippen LogP contribution in [0.15, 0.2) is 16.4 Å². The number of ether oxygens (including phenoxy) is 6. The number of nitrogens with one attached hydrogen (secondary N) is 1.